The summed E-state index contributed by atoms with van der Waals surface area (Å²) in [6.45, 7) is 9.65. The monoisotopic (exact) mass is 563 g/mol. The minimum atomic E-state index is -0.930. The van der Waals surface area contributed by atoms with Crippen LogP contribution in [0.5, 0.6) is 11.5 Å². The molecule has 8 nitrogen and oxygen atoms in total. The Labute approximate surface area is 240 Å². The maximum Gasteiger partial charge on any atom is 0.415 e. The average molecular weight is 564 g/mol. The third-order valence-corrected chi connectivity index (χ3v) is 8.26. The molecule has 0 bridgehead atoms. The van der Waals surface area contributed by atoms with Gasteiger partial charge in [0.05, 0.1) is 12.4 Å². The summed E-state index contributed by atoms with van der Waals surface area (Å²) in [5, 5.41) is 4.06. The van der Waals surface area contributed by atoms with E-state index in [0.717, 1.165) is 21.6 Å². The van der Waals surface area contributed by atoms with Crippen LogP contribution in [0.4, 0.5) is 4.79 Å². The topological polar surface area (TPSA) is 90.7 Å². The van der Waals surface area contributed by atoms with Crippen LogP contribution in [0, 0.1) is 25.7 Å². The van der Waals surface area contributed by atoms with Gasteiger partial charge in [0.2, 0.25) is 0 Å². The summed E-state index contributed by atoms with van der Waals surface area (Å²) >= 11 is 1.62. The number of ether oxygens (including phenoxy) is 2. The molecule has 1 saturated heterocycles. The standard InChI is InChI=1S/C31H37N3O5S/c1-19-12-22(13-20(2)29(19)39-31(4,5)21(3)35)14-24-16-34(30(37)38-25-15-32-33(6)17-25)18-27(24)28(36)23-8-10-26(40-7)11-9-23/h8-13,15,17,24,27H,14,16,18H2,1-7H3. The SMILES string of the molecule is CSc1ccc(C(=O)C2CN(C(=O)Oc3cnn(C)c3)CC2Cc2cc(C)c(OC(C)(C)C(C)=O)c(C)c2)cc1. The smallest absolute Gasteiger partial charge is 0.415 e. The van der Waals surface area contributed by atoms with Crippen LogP contribution >= 0.6 is 11.8 Å². The maximum absolute atomic E-state index is 13.7. The van der Waals surface area contributed by atoms with Crippen LogP contribution in [0.1, 0.15) is 47.8 Å². The first-order chi connectivity index (χ1) is 18.9. The first-order valence-electron chi connectivity index (χ1n) is 13.3. The van der Waals surface area contributed by atoms with E-state index in [2.05, 4.69) is 5.10 Å². The Morgan fingerprint density at radius 1 is 1.07 bits per heavy atom. The second kappa shape index (κ2) is 11.9. The molecule has 2 atom stereocenters. The third kappa shape index (κ3) is 6.58. The van der Waals surface area contributed by atoms with E-state index >= 15 is 0 Å². The Hall–Kier alpha value is -3.59. The molecule has 2 aromatic carbocycles. The fourth-order valence-electron chi connectivity index (χ4n) is 5.06. The summed E-state index contributed by atoms with van der Waals surface area (Å²) < 4.78 is 13.2. The van der Waals surface area contributed by atoms with E-state index in [9.17, 15) is 14.4 Å². The molecule has 0 radical (unpaired) electrons. The van der Waals surface area contributed by atoms with Crippen molar-refractivity contribution in [3.8, 4) is 11.5 Å². The highest BCUT2D eigenvalue weighted by Gasteiger charge is 2.40. The summed E-state index contributed by atoms with van der Waals surface area (Å²) in [7, 11) is 1.75. The van der Waals surface area contributed by atoms with Gasteiger partial charge in [-0.1, -0.05) is 24.3 Å². The molecule has 3 aromatic rings. The van der Waals surface area contributed by atoms with Crippen molar-refractivity contribution in [1.82, 2.24) is 14.7 Å². The predicted octanol–water partition coefficient (Wildman–Crippen LogP) is 5.68. The minimum Gasteiger partial charge on any atom is -0.480 e. The highest BCUT2D eigenvalue weighted by molar-refractivity contribution is 7.98. The van der Waals surface area contributed by atoms with Gasteiger partial charge >= 0.3 is 6.09 Å². The van der Waals surface area contributed by atoms with Gasteiger partial charge in [0, 0.05) is 36.5 Å². The Morgan fingerprint density at radius 2 is 1.73 bits per heavy atom. The number of Topliss-reactive ketones (excluding diaryl/α,β-unsaturated/α-hetero) is 2. The Morgan fingerprint density at radius 3 is 2.27 bits per heavy atom. The van der Waals surface area contributed by atoms with Crippen molar-refractivity contribution in [2.24, 2.45) is 18.9 Å². The summed E-state index contributed by atoms with van der Waals surface area (Å²) in [6.07, 6.45) is 5.23. The molecule has 0 spiro atoms. The van der Waals surface area contributed by atoms with E-state index in [1.54, 1.807) is 48.4 Å². The Balaban J connectivity index is 1.59. The van der Waals surface area contributed by atoms with Gasteiger partial charge in [0.1, 0.15) is 5.75 Å². The van der Waals surface area contributed by atoms with Crippen molar-refractivity contribution in [3.63, 3.8) is 0 Å². The lowest BCUT2D eigenvalue weighted by atomic mass is 9.84. The van der Waals surface area contributed by atoms with E-state index in [1.165, 1.54) is 13.1 Å². The van der Waals surface area contributed by atoms with Crippen LogP contribution in [-0.2, 0) is 18.3 Å². The van der Waals surface area contributed by atoms with Crippen LogP contribution in [0.15, 0.2) is 53.7 Å². The zero-order chi connectivity index (χ0) is 29.2. The fourth-order valence-corrected chi connectivity index (χ4v) is 5.47. The van der Waals surface area contributed by atoms with Crippen LogP contribution in [-0.4, -0.2) is 57.3 Å². The van der Waals surface area contributed by atoms with E-state index in [-0.39, 0.29) is 29.9 Å². The number of ketones is 2. The molecule has 212 valence electrons. The maximum atomic E-state index is 13.7. The van der Waals surface area contributed by atoms with Gasteiger partial charge in [-0.15, -0.1) is 11.8 Å². The molecule has 2 unspecified atom stereocenters. The number of carbonyl (C=O) groups is 3. The Kier molecular flexibility index (Phi) is 8.73. The number of amides is 1. The van der Waals surface area contributed by atoms with Crippen LogP contribution < -0.4 is 9.47 Å². The number of carbonyl (C=O) groups excluding carboxylic acids is 3. The summed E-state index contributed by atoms with van der Waals surface area (Å²) in [6, 6.07) is 11.7. The fraction of sp³-hybridized carbons (Fsp3) is 0.419. The van der Waals surface area contributed by atoms with E-state index < -0.39 is 11.7 Å². The van der Waals surface area contributed by atoms with Gasteiger partial charge in [-0.25, -0.2) is 4.79 Å². The second-order valence-electron chi connectivity index (χ2n) is 11.0. The second-order valence-corrected chi connectivity index (χ2v) is 11.9. The van der Waals surface area contributed by atoms with Gasteiger partial charge in [0.25, 0.3) is 0 Å². The number of nitrogens with zero attached hydrogens (tertiary/aromatic N) is 3. The van der Waals surface area contributed by atoms with Crippen molar-refractivity contribution < 1.29 is 23.9 Å². The minimum absolute atomic E-state index is 0.0194. The van der Waals surface area contributed by atoms with Crippen LogP contribution in [0.25, 0.3) is 0 Å². The van der Waals surface area contributed by atoms with Crippen molar-refractivity contribution in [2.75, 3.05) is 19.3 Å². The molecule has 4 rings (SSSR count). The largest absolute Gasteiger partial charge is 0.480 e. The number of likely N-dealkylation sites (tertiary alicyclic amines) is 1. The van der Waals surface area contributed by atoms with Gasteiger partial charge in [-0.05, 0) is 82.0 Å². The van der Waals surface area contributed by atoms with Crippen molar-refractivity contribution >= 4 is 29.4 Å². The molecule has 2 heterocycles. The molecule has 9 heteroatoms. The number of aryl methyl sites for hydroxylation is 3. The number of hydrogen-bond acceptors (Lipinski definition) is 7. The Bertz CT molecular complexity index is 1390. The van der Waals surface area contributed by atoms with Crippen molar-refractivity contribution in [3.05, 3.63) is 71.0 Å². The number of aromatic nitrogens is 2. The number of benzene rings is 2. The zero-order valence-electron chi connectivity index (χ0n) is 24.2. The molecule has 1 aliphatic heterocycles. The molecular weight excluding hydrogens is 526 g/mol. The lowest BCUT2D eigenvalue weighted by Crippen LogP contribution is -2.36. The highest BCUT2D eigenvalue weighted by atomic mass is 32.2. The normalized spacial score (nSPS) is 17.1. The van der Waals surface area contributed by atoms with E-state index in [4.69, 9.17) is 9.47 Å². The predicted molar refractivity (Wildman–Crippen MR) is 155 cm³/mol. The third-order valence-electron chi connectivity index (χ3n) is 7.52. The van der Waals surface area contributed by atoms with E-state index in [1.807, 2.05) is 56.5 Å². The summed E-state index contributed by atoms with van der Waals surface area (Å²) in [5.74, 6) is 0.543. The number of hydrogen-bond donors (Lipinski definition) is 0. The number of rotatable bonds is 9. The first-order valence-corrected chi connectivity index (χ1v) is 14.5. The molecule has 0 saturated carbocycles. The lowest BCUT2D eigenvalue weighted by molar-refractivity contribution is -0.129. The van der Waals surface area contributed by atoms with Crippen molar-refractivity contribution in [1.29, 1.82) is 0 Å². The molecule has 0 aliphatic carbocycles. The molecule has 40 heavy (non-hydrogen) atoms. The average Bonchev–Trinajstić information content (AvgIpc) is 3.51. The van der Waals surface area contributed by atoms with Gasteiger partial charge in [0.15, 0.2) is 22.9 Å². The van der Waals surface area contributed by atoms with Crippen molar-refractivity contribution in [2.45, 2.75) is 51.5 Å². The number of thioether (sulfide) groups is 1. The molecular formula is C31H37N3O5S. The molecule has 0 N–H and O–H groups in total. The molecule has 1 aliphatic rings. The molecule has 1 fully saturated rings. The zero-order valence-corrected chi connectivity index (χ0v) is 25.0. The van der Waals surface area contributed by atoms with Crippen LogP contribution in [0.2, 0.25) is 0 Å². The van der Waals surface area contributed by atoms with E-state index in [0.29, 0.717) is 30.0 Å². The van der Waals surface area contributed by atoms with Gasteiger partial charge in [-0.2, -0.15) is 5.10 Å². The highest BCUT2D eigenvalue weighted by Crippen LogP contribution is 2.34. The summed E-state index contributed by atoms with van der Waals surface area (Å²) in [4.78, 5) is 41.5. The lowest BCUT2D eigenvalue weighted by Gasteiger charge is -2.26. The van der Waals surface area contributed by atoms with Crippen LogP contribution in [0.3, 0.4) is 0 Å². The quantitative estimate of drug-likeness (QED) is 0.244. The first kappa shape index (κ1) is 29.4. The van der Waals surface area contributed by atoms with Gasteiger partial charge in [-0.3, -0.25) is 14.3 Å². The van der Waals surface area contributed by atoms with Gasteiger partial charge < -0.3 is 14.4 Å². The molecule has 1 amide bonds. The molecule has 1 aromatic heterocycles. The summed E-state index contributed by atoms with van der Waals surface area (Å²) in [5.41, 5.74) is 2.60.